The Kier molecular flexibility index (Phi) is 3.93. The minimum absolute atomic E-state index is 0.0695. The van der Waals surface area contributed by atoms with Crippen LogP contribution in [-0.4, -0.2) is 12.1 Å². The first-order chi connectivity index (χ1) is 8.46. The van der Waals surface area contributed by atoms with Gasteiger partial charge in [0.15, 0.2) is 0 Å². The number of rotatable bonds is 4. The Morgan fingerprint density at radius 1 is 1.39 bits per heavy atom. The molecule has 1 aromatic rings. The minimum Gasteiger partial charge on any atom is -0.493 e. The van der Waals surface area contributed by atoms with Crippen molar-refractivity contribution in [2.24, 2.45) is 11.5 Å². The van der Waals surface area contributed by atoms with Crippen molar-refractivity contribution in [3.63, 3.8) is 0 Å². The Morgan fingerprint density at radius 2 is 2.17 bits per heavy atom. The fourth-order valence-electron chi connectivity index (χ4n) is 2.31. The summed E-state index contributed by atoms with van der Waals surface area (Å²) in [4.78, 5) is 0. The Morgan fingerprint density at radius 3 is 2.89 bits per heavy atom. The van der Waals surface area contributed by atoms with Gasteiger partial charge in [-0.2, -0.15) is 0 Å². The van der Waals surface area contributed by atoms with E-state index in [-0.39, 0.29) is 11.6 Å². The van der Waals surface area contributed by atoms with Crippen LogP contribution in [0.4, 0.5) is 0 Å². The van der Waals surface area contributed by atoms with Gasteiger partial charge in [-0.25, -0.2) is 0 Å². The summed E-state index contributed by atoms with van der Waals surface area (Å²) in [7, 11) is 0. The molecule has 4 N–H and O–H groups in total. The molecule has 3 nitrogen and oxygen atoms in total. The van der Waals surface area contributed by atoms with E-state index >= 15 is 0 Å². The molecule has 0 saturated carbocycles. The second-order valence-electron chi connectivity index (χ2n) is 5.95. The molecule has 1 aliphatic heterocycles. The summed E-state index contributed by atoms with van der Waals surface area (Å²) < 4.78 is 5.61. The normalized spacial score (nSPS) is 16.9. The lowest BCUT2D eigenvalue weighted by Crippen LogP contribution is -2.32. The summed E-state index contributed by atoms with van der Waals surface area (Å²) in [6.07, 6.45) is 4.05. The lowest BCUT2D eigenvalue weighted by molar-refractivity contribution is 0.288. The summed E-state index contributed by atoms with van der Waals surface area (Å²) in [6.45, 7) is 4.92. The number of benzene rings is 1. The zero-order chi connectivity index (χ0) is 13.2. The Balaban J connectivity index is 2.04. The highest BCUT2D eigenvalue weighted by atomic mass is 16.5. The number of hydrogen-bond acceptors (Lipinski definition) is 3. The molecule has 18 heavy (non-hydrogen) atoms. The molecule has 100 valence electrons. The predicted octanol–water partition coefficient (Wildman–Crippen LogP) is 2.53. The largest absolute Gasteiger partial charge is 0.493 e. The van der Waals surface area contributed by atoms with Crippen LogP contribution in [0.5, 0.6) is 5.75 Å². The van der Waals surface area contributed by atoms with Gasteiger partial charge in [0.1, 0.15) is 5.75 Å². The predicted molar refractivity (Wildman–Crippen MR) is 74.7 cm³/mol. The van der Waals surface area contributed by atoms with Crippen molar-refractivity contribution in [3.05, 3.63) is 29.3 Å². The zero-order valence-electron chi connectivity index (χ0n) is 11.4. The second-order valence-corrected chi connectivity index (χ2v) is 5.95. The number of aryl methyl sites for hydroxylation is 1. The van der Waals surface area contributed by atoms with Crippen LogP contribution in [0.2, 0.25) is 0 Å². The third-order valence-electron chi connectivity index (χ3n) is 3.46. The minimum atomic E-state index is -0.144. The SMILES string of the molecule is CC(C)(N)CCC(N)c1ccc2c(c1)CCCO2. The van der Waals surface area contributed by atoms with Gasteiger partial charge in [-0.1, -0.05) is 12.1 Å². The summed E-state index contributed by atoms with van der Waals surface area (Å²) >= 11 is 0. The van der Waals surface area contributed by atoms with Crippen LogP contribution in [0.1, 0.15) is 50.3 Å². The van der Waals surface area contributed by atoms with E-state index in [9.17, 15) is 0 Å². The highest BCUT2D eigenvalue weighted by Crippen LogP contribution is 2.29. The molecule has 0 bridgehead atoms. The molecule has 0 aliphatic carbocycles. The van der Waals surface area contributed by atoms with E-state index in [1.165, 1.54) is 11.1 Å². The van der Waals surface area contributed by atoms with Crippen LogP contribution >= 0.6 is 0 Å². The van der Waals surface area contributed by atoms with Crippen molar-refractivity contribution in [1.82, 2.24) is 0 Å². The van der Waals surface area contributed by atoms with Gasteiger partial charge in [0, 0.05) is 11.6 Å². The standard InChI is InChI=1S/C15H24N2O/c1-15(2,17)8-7-13(16)11-5-6-14-12(10-11)4-3-9-18-14/h5-6,10,13H,3-4,7-9,16-17H2,1-2H3. The smallest absolute Gasteiger partial charge is 0.122 e. The van der Waals surface area contributed by atoms with Crippen LogP contribution in [-0.2, 0) is 6.42 Å². The highest BCUT2D eigenvalue weighted by Gasteiger charge is 2.16. The molecule has 1 aliphatic rings. The molecule has 0 saturated heterocycles. The van der Waals surface area contributed by atoms with Gasteiger partial charge in [-0.3, -0.25) is 0 Å². The summed E-state index contributed by atoms with van der Waals surface area (Å²) in [6, 6.07) is 6.40. The molecular weight excluding hydrogens is 224 g/mol. The van der Waals surface area contributed by atoms with Gasteiger partial charge < -0.3 is 16.2 Å². The maximum atomic E-state index is 6.24. The van der Waals surface area contributed by atoms with Crippen LogP contribution < -0.4 is 16.2 Å². The van der Waals surface area contributed by atoms with E-state index in [1.807, 2.05) is 13.8 Å². The Labute approximate surface area is 110 Å². The van der Waals surface area contributed by atoms with E-state index in [1.54, 1.807) is 0 Å². The molecular formula is C15H24N2O. The average molecular weight is 248 g/mol. The fraction of sp³-hybridized carbons (Fsp3) is 0.600. The van der Waals surface area contributed by atoms with Gasteiger partial charge in [0.25, 0.3) is 0 Å². The van der Waals surface area contributed by atoms with Gasteiger partial charge in [0.2, 0.25) is 0 Å². The van der Waals surface area contributed by atoms with Gasteiger partial charge >= 0.3 is 0 Å². The van der Waals surface area contributed by atoms with Crippen LogP contribution in [0.15, 0.2) is 18.2 Å². The average Bonchev–Trinajstić information content (AvgIpc) is 2.34. The Bertz CT molecular complexity index is 409. The topological polar surface area (TPSA) is 61.3 Å². The maximum absolute atomic E-state index is 6.24. The number of fused-ring (bicyclic) bond motifs is 1. The first kappa shape index (κ1) is 13.4. The van der Waals surface area contributed by atoms with Gasteiger partial charge in [-0.15, -0.1) is 0 Å². The molecule has 2 rings (SSSR count). The van der Waals surface area contributed by atoms with Gasteiger partial charge in [0.05, 0.1) is 6.61 Å². The maximum Gasteiger partial charge on any atom is 0.122 e. The zero-order valence-corrected chi connectivity index (χ0v) is 11.4. The molecule has 1 heterocycles. The van der Waals surface area contributed by atoms with Crippen molar-refractivity contribution >= 4 is 0 Å². The van der Waals surface area contributed by atoms with Crippen molar-refractivity contribution in [2.75, 3.05) is 6.61 Å². The van der Waals surface area contributed by atoms with E-state index in [4.69, 9.17) is 16.2 Å². The lowest BCUT2D eigenvalue weighted by atomic mass is 9.92. The molecule has 0 spiro atoms. The first-order valence-electron chi connectivity index (χ1n) is 6.76. The van der Waals surface area contributed by atoms with E-state index in [0.717, 1.165) is 38.0 Å². The van der Waals surface area contributed by atoms with E-state index in [0.29, 0.717) is 0 Å². The van der Waals surface area contributed by atoms with Crippen molar-refractivity contribution in [1.29, 1.82) is 0 Å². The quantitative estimate of drug-likeness (QED) is 0.860. The molecule has 1 aromatic carbocycles. The summed E-state index contributed by atoms with van der Waals surface area (Å²) in [5.74, 6) is 1.02. The summed E-state index contributed by atoms with van der Waals surface area (Å²) in [5, 5.41) is 0. The van der Waals surface area contributed by atoms with Crippen molar-refractivity contribution in [3.8, 4) is 5.75 Å². The molecule has 1 atom stereocenters. The monoisotopic (exact) mass is 248 g/mol. The molecule has 0 radical (unpaired) electrons. The third-order valence-corrected chi connectivity index (χ3v) is 3.46. The van der Waals surface area contributed by atoms with E-state index in [2.05, 4.69) is 18.2 Å². The van der Waals surface area contributed by atoms with Crippen LogP contribution in [0.3, 0.4) is 0 Å². The highest BCUT2D eigenvalue weighted by molar-refractivity contribution is 5.39. The van der Waals surface area contributed by atoms with Gasteiger partial charge in [-0.05, 0) is 56.7 Å². The van der Waals surface area contributed by atoms with Crippen molar-refractivity contribution in [2.45, 2.75) is 51.1 Å². The van der Waals surface area contributed by atoms with Crippen LogP contribution in [0.25, 0.3) is 0 Å². The molecule has 0 fully saturated rings. The van der Waals surface area contributed by atoms with Crippen molar-refractivity contribution < 1.29 is 4.74 Å². The summed E-state index contributed by atoms with van der Waals surface area (Å²) in [5.41, 5.74) is 14.6. The molecule has 3 heteroatoms. The molecule has 0 amide bonds. The third kappa shape index (κ3) is 3.47. The lowest BCUT2D eigenvalue weighted by Gasteiger charge is -2.23. The number of nitrogens with two attached hydrogens (primary N) is 2. The Hall–Kier alpha value is -1.06. The number of ether oxygens (including phenoxy) is 1. The first-order valence-corrected chi connectivity index (χ1v) is 6.76. The number of hydrogen-bond donors (Lipinski definition) is 2. The van der Waals surface area contributed by atoms with E-state index < -0.39 is 0 Å². The fourth-order valence-corrected chi connectivity index (χ4v) is 2.31. The molecule has 0 aromatic heterocycles. The molecule has 1 unspecified atom stereocenters. The van der Waals surface area contributed by atoms with Crippen LogP contribution in [0, 0.1) is 0 Å². The second kappa shape index (κ2) is 5.29.